The van der Waals surface area contributed by atoms with Gasteiger partial charge in [-0.15, -0.1) is 0 Å². The standard InChI is InChI=1S/C29H49NO4/c1-4-7-9-10-11-12-13-14-15-16-17-18-23-33-28(31)26-21-19-22-27(30-26)29(32)34-24-25(6-3)20-8-5-2/h19,21-22,25H,4-18,20,23-24H2,1-3H3. The molecule has 1 atom stereocenters. The summed E-state index contributed by atoms with van der Waals surface area (Å²) in [5.41, 5.74) is 0.316. The van der Waals surface area contributed by atoms with Crippen LogP contribution in [-0.4, -0.2) is 30.1 Å². The minimum Gasteiger partial charge on any atom is -0.461 e. The summed E-state index contributed by atoms with van der Waals surface area (Å²) in [7, 11) is 0. The van der Waals surface area contributed by atoms with E-state index in [2.05, 4.69) is 25.8 Å². The smallest absolute Gasteiger partial charge is 0.356 e. The molecule has 1 unspecified atom stereocenters. The van der Waals surface area contributed by atoms with Crippen molar-refractivity contribution in [3.05, 3.63) is 29.6 Å². The number of unbranched alkanes of at least 4 members (excludes halogenated alkanes) is 12. The molecule has 0 saturated carbocycles. The Morgan fingerprint density at radius 2 is 1.21 bits per heavy atom. The summed E-state index contributed by atoms with van der Waals surface area (Å²) >= 11 is 0. The first-order valence-corrected chi connectivity index (χ1v) is 13.9. The molecule has 0 aliphatic rings. The van der Waals surface area contributed by atoms with E-state index in [1.54, 1.807) is 18.2 Å². The van der Waals surface area contributed by atoms with Crippen LogP contribution in [0.25, 0.3) is 0 Å². The number of pyridine rings is 1. The van der Waals surface area contributed by atoms with E-state index in [-0.39, 0.29) is 11.4 Å². The van der Waals surface area contributed by atoms with Crippen LogP contribution in [0.1, 0.15) is 144 Å². The summed E-state index contributed by atoms with van der Waals surface area (Å²) in [6, 6.07) is 4.81. The summed E-state index contributed by atoms with van der Waals surface area (Å²) in [5, 5.41) is 0. The fraction of sp³-hybridized carbons (Fsp3) is 0.759. The lowest BCUT2D eigenvalue weighted by atomic mass is 10.0. The lowest BCUT2D eigenvalue weighted by Gasteiger charge is -2.14. The fourth-order valence-corrected chi connectivity index (χ4v) is 4.01. The van der Waals surface area contributed by atoms with E-state index in [1.165, 1.54) is 64.2 Å². The Labute approximate surface area is 208 Å². The second-order valence-electron chi connectivity index (χ2n) is 9.45. The zero-order chi connectivity index (χ0) is 24.9. The quantitative estimate of drug-likeness (QED) is 0.132. The van der Waals surface area contributed by atoms with Gasteiger partial charge in [0.15, 0.2) is 0 Å². The molecule has 1 aromatic heterocycles. The Morgan fingerprint density at radius 1 is 0.706 bits per heavy atom. The Hall–Kier alpha value is -1.91. The van der Waals surface area contributed by atoms with Gasteiger partial charge in [0.2, 0.25) is 0 Å². The van der Waals surface area contributed by atoms with Gasteiger partial charge in [-0.2, -0.15) is 0 Å². The normalized spacial score (nSPS) is 11.9. The SMILES string of the molecule is CCCCCCCCCCCCCCOC(=O)c1cccc(C(=O)OCC(CC)CCCC)n1. The molecule has 0 N–H and O–H groups in total. The van der Waals surface area contributed by atoms with Gasteiger partial charge in [0.25, 0.3) is 0 Å². The Kier molecular flexibility index (Phi) is 18.1. The number of carbonyl (C=O) groups is 2. The van der Waals surface area contributed by atoms with Crippen molar-refractivity contribution in [3.8, 4) is 0 Å². The molecule has 1 rings (SSSR count). The van der Waals surface area contributed by atoms with E-state index in [4.69, 9.17) is 9.47 Å². The van der Waals surface area contributed by atoms with Crippen molar-refractivity contribution in [1.82, 2.24) is 4.98 Å². The van der Waals surface area contributed by atoms with E-state index < -0.39 is 11.9 Å². The molecule has 5 heteroatoms. The molecule has 0 radical (unpaired) electrons. The van der Waals surface area contributed by atoms with Gasteiger partial charge in [0.05, 0.1) is 13.2 Å². The number of rotatable bonds is 21. The van der Waals surface area contributed by atoms with Crippen LogP contribution in [0.5, 0.6) is 0 Å². The Bertz CT molecular complexity index is 661. The van der Waals surface area contributed by atoms with Gasteiger partial charge in [0.1, 0.15) is 11.4 Å². The summed E-state index contributed by atoms with van der Waals surface area (Å²) in [6.07, 6.45) is 19.5. The average molecular weight is 476 g/mol. The van der Waals surface area contributed by atoms with Crippen molar-refractivity contribution in [2.75, 3.05) is 13.2 Å². The molecule has 0 aliphatic carbocycles. The third kappa shape index (κ3) is 14.4. The summed E-state index contributed by atoms with van der Waals surface area (Å²) in [6.45, 7) is 7.31. The number of hydrogen-bond acceptors (Lipinski definition) is 5. The fourth-order valence-electron chi connectivity index (χ4n) is 4.01. The van der Waals surface area contributed by atoms with Crippen LogP contribution in [0, 0.1) is 5.92 Å². The maximum Gasteiger partial charge on any atom is 0.356 e. The van der Waals surface area contributed by atoms with Crippen LogP contribution < -0.4 is 0 Å². The maximum atomic E-state index is 12.4. The van der Waals surface area contributed by atoms with Crippen LogP contribution >= 0.6 is 0 Å². The van der Waals surface area contributed by atoms with Crippen LogP contribution in [0.3, 0.4) is 0 Å². The van der Waals surface area contributed by atoms with Crippen molar-refractivity contribution in [2.24, 2.45) is 5.92 Å². The van der Waals surface area contributed by atoms with Crippen molar-refractivity contribution in [3.63, 3.8) is 0 Å². The molecule has 0 fully saturated rings. The highest BCUT2D eigenvalue weighted by molar-refractivity contribution is 5.91. The third-order valence-electron chi connectivity index (χ3n) is 6.39. The molecule has 1 heterocycles. The molecular weight excluding hydrogens is 426 g/mol. The number of aromatic nitrogens is 1. The molecule has 0 saturated heterocycles. The van der Waals surface area contributed by atoms with Crippen LogP contribution in [0.2, 0.25) is 0 Å². The van der Waals surface area contributed by atoms with E-state index in [9.17, 15) is 9.59 Å². The zero-order valence-electron chi connectivity index (χ0n) is 22.1. The van der Waals surface area contributed by atoms with Crippen molar-refractivity contribution < 1.29 is 19.1 Å². The van der Waals surface area contributed by atoms with Crippen LogP contribution in [-0.2, 0) is 9.47 Å². The first kappa shape index (κ1) is 30.1. The predicted octanol–water partition coefficient (Wildman–Crippen LogP) is 8.31. The van der Waals surface area contributed by atoms with Gasteiger partial charge in [-0.05, 0) is 30.9 Å². The highest BCUT2D eigenvalue weighted by Crippen LogP contribution is 2.14. The summed E-state index contributed by atoms with van der Waals surface area (Å²) < 4.78 is 10.8. The minimum atomic E-state index is -0.481. The van der Waals surface area contributed by atoms with Gasteiger partial charge < -0.3 is 9.47 Å². The lowest BCUT2D eigenvalue weighted by molar-refractivity contribution is 0.0420. The van der Waals surface area contributed by atoms with Gasteiger partial charge in [-0.25, -0.2) is 14.6 Å². The van der Waals surface area contributed by atoms with Crippen LogP contribution in [0.15, 0.2) is 18.2 Å². The second kappa shape index (κ2) is 20.5. The Morgan fingerprint density at radius 3 is 1.74 bits per heavy atom. The van der Waals surface area contributed by atoms with E-state index in [0.29, 0.717) is 19.1 Å². The zero-order valence-corrected chi connectivity index (χ0v) is 22.1. The summed E-state index contributed by atoms with van der Waals surface area (Å²) in [5.74, 6) is -0.592. The van der Waals surface area contributed by atoms with E-state index in [0.717, 1.165) is 38.5 Å². The lowest BCUT2D eigenvalue weighted by Crippen LogP contribution is -2.16. The minimum absolute atomic E-state index is 0.158. The molecule has 0 aliphatic heterocycles. The number of ether oxygens (including phenoxy) is 2. The number of nitrogens with zero attached hydrogens (tertiary/aromatic N) is 1. The first-order chi connectivity index (χ1) is 16.6. The molecule has 194 valence electrons. The molecule has 0 bridgehead atoms. The molecular formula is C29H49NO4. The summed E-state index contributed by atoms with van der Waals surface area (Å²) in [4.78, 5) is 28.8. The van der Waals surface area contributed by atoms with Gasteiger partial charge in [-0.3, -0.25) is 0 Å². The maximum absolute atomic E-state index is 12.4. The third-order valence-corrected chi connectivity index (χ3v) is 6.39. The van der Waals surface area contributed by atoms with Crippen molar-refractivity contribution in [1.29, 1.82) is 0 Å². The van der Waals surface area contributed by atoms with E-state index >= 15 is 0 Å². The van der Waals surface area contributed by atoms with Crippen molar-refractivity contribution in [2.45, 2.75) is 124 Å². The number of esters is 2. The van der Waals surface area contributed by atoms with Gasteiger partial charge in [-0.1, -0.05) is 117 Å². The molecule has 34 heavy (non-hydrogen) atoms. The highest BCUT2D eigenvalue weighted by atomic mass is 16.5. The number of carbonyl (C=O) groups excluding carboxylic acids is 2. The Balaban J connectivity index is 2.19. The molecule has 0 amide bonds. The highest BCUT2D eigenvalue weighted by Gasteiger charge is 2.16. The molecule has 0 spiro atoms. The van der Waals surface area contributed by atoms with Crippen molar-refractivity contribution >= 4 is 11.9 Å². The van der Waals surface area contributed by atoms with E-state index in [1.807, 2.05) is 0 Å². The van der Waals surface area contributed by atoms with Crippen LogP contribution in [0.4, 0.5) is 0 Å². The molecule has 1 aromatic rings. The van der Waals surface area contributed by atoms with Gasteiger partial charge in [0, 0.05) is 0 Å². The average Bonchev–Trinajstić information content (AvgIpc) is 2.86. The second-order valence-corrected chi connectivity index (χ2v) is 9.45. The van der Waals surface area contributed by atoms with Gasteiger partial charge >= 0.3 is 11.9 Å². The first-order valence-electron chi connectivity index (χ1n) is 13.9. The topological polar surface area (TPSA) is 65.5 Å². The number of hydrogen-bond donors (Lipinski definition) is 0. The predicted molar refractivity (Wildman–Crippen MR) is 139 cm³/mol. The molecule has 5 nitrogen and oxygen atoms in total. The largest absolute Gasteiger partial charge is 0.461 e. The molecule has 0 aromatic carbocycles. The monoisotopic (exact) mass is 475 g/mol.